The number of ether oxygens (including phenoxy) is 1. The van der Waals surface area contributed by atoms with Gasteiger partial charge in [-0.05, 0) is 42.3 Å². The Labute approximate surface area is 158 Å². The van der Waals surface area contributed by atoms with Crippen LogP contribution in [0.2, 0.25) is 0 Å². The summed E-state index contributed by atoms with van der Waals surface area (Å²) in [6, 6.07) is 7.79. The highest BCUT2D eigenvalue weighted by Gasteiger charge is 2.31. The van der Waals surface area contributed by atoms with Crippen molar-refractivity contribution in [3.63, 3.8) is 0 Å². The minimum Gasteiger partial charge on any atom is -0.495 e. The van der Waals surface area contributed by atoms with E-state index >= 15 is 0 Å². The van der Waals surface area contributed by atoms with Crippen LogP contribution in [0.4, 0.5) is 29.6 Å². The molecule has 0 atom stereocenters. The summed E-state index contributed by atoms with van der Waals surface area (Å²) in [6.07, 6.45) is -4.01. The number of urea groups is 1. The molecule has 0 unspecified atom stereocenters. The van der Waals surface area contributed by atoms with Crippen LogP contribution in [0.5, 0.6) is 5.75 Å². The van der Waals surface area contributed by atoms with Gasteiger partial charge in [-0.2, -0.15) is 13.2 Å². The molecule has 0 saturated carbocycles. The molecule has 3 aromatic rings. The first-order valence-corrected chi connectivity index (χ1v) is 8.30. The van der Waals surface area contributed by atoms with Crippen molar-refractivity contribution in [2.75, 3.05) is 24.7 Å². The number of hydrogen-bond donors (Lipinski definition) is 4. The topological polar surface area (TPSA) is 105 Å². The number of fused-ring (bicyclic) bond motifs is 1. The average Bonchev–Trinajstić information content (AvgIpc) is 3.00. The van der Waals surface area contributed by atoms with Crippen LogP contribution in [0.1, 0.15) is 11.1 Å². The average molecular weight is 393 g/mol. The Morgan fingerprint density at radius 2 is 2.04 bits per heavy atom. The maximum atomic E-state index is 12.9. The molecule has 2 amide bonds. The molecule has 148 valence electrons. The summed E-state index contributed by atoms with van der Waals surface area (Å²) in [4.78, 5) is 19.1. The molecule has 10 heteroatoms. The number of nitrogens with one attached hydrogen (secondary N) is 3. The molecule has 3 rings (SSSR count). The number of alkyl halides is 3. The summed E-state index contributed by atoms with van der Waals surface area (Å²) in [5.74, 6) is 0.449. The molecule has 2 aromatic carbocycles. The first kappa shape index (κ1) is 19.3. The number of nitrogen functional groups attached to an aromatic ring is 1. The normalized spacial score (nSPS) is 11.4. The molecule has 0 saturated heterocycles. The smallest absolute Gasteiger partial charge is 0.416 e. The molecule has 0 fully saturated rings. The maximum absolute atomic E-state index is 12.9. The van der Waals surface area contributed by atoms with E-state index in [0.717, 1.165) is 29.3 Å². The summed E-state index contributed by atoms with van der Waals surface area (Å²) >= 11 is 0. The minimum atomic E-state index is -4.52. The quantitative estimate of drug-likeness (QED) is 0.532. The molecule has 0 radical (unpaired) electrons. The van der Waals surface area contributed by atoms with Gasteiger partial charge in [0.15, 0.2) is 5.95 Å². The fourth-order valence-corrected chi connectivity index (χ4v) is 2.70. The number of aromatic nitrogens is 2. The summed E-state index contributed by atoms with van der Waals surface area (Å²) in [6.45, 7) is 0.276. The summed E-state index contributed by atoms with van der Waals surface area (Å²) < 4.78 is 43.6. The van der Waals surface area contributed by atoms with E-state index in [0.29, 0.717) is 17.9 Å². The van der Waals surface area contributed by atoms with E-state index in [-0.39, 0.29) is 18.0 Å². The van der Waals surface area contributed by atoms with Gasteiger partial charge < -0.3 is 26.1 Å². The van der Waals surface area contributed by atoms with Gasteiger partial charge in [-0.1, -0.05) is 6.07 Å². The Morgan fingerprint density at radius 1 is 1.25 bits per heavy atom. The fourth-order valence-electron chi connectivity index (χ4n) is 2.70. The Bertz CT molecular complexity index is 1000. The second-order valence-electron chi connectivity index (χ2n) is 6.02. The van der Waals surface area contributed by atoms with Crippen molar-refractivity contribution in [2.45, 2.75) is 12.6 Å². The predicted octanol–water partition coefficient (Wildman–Crippen LogP) is 3.54. The van der Waals surface area contributed by atoms with Gasteiger partial charge in [0.1, 0.15) is 5.75 Å². The first-order valence-electron chi connectivity index (χ1n) is 8.30. The molecule has 0 aliphatic heterocycles. The zero-order valence-corrected chi connectivity index (χ0v) is 14.9. The highest BCUT2D eigenvalue weighted by molar-refractivity contribution is 5.91. The molecule has 7 nitrogen and oxygen atoms in total. The summed E-state index contributed by atoms with van der Waals surface area (Å²) in [5.41, 5.74) is 7.11. The lowest BCUT2D eigenvalue weighted by molar-refractivity contribution is -0.137. The number of amides is 2. The van der Waals surface area contributed by atoms with Crippen molar-refractivity contribution in [2.24, 2.45) is 0 Å². The molecule has 5 N–H and O–H groups in total. The third kappa shape index (κ3) is 4.45. The van der Waals surface area contributed by atoms with Gasteiger partial charge in [-0.25, -0.2) is 9.78 Å². The molecule has 0 aliphatic carbocycles. The van der Waals surface area contributed by atoms with E-state index in [4.69, 9.17) is 10.5 Å². The minimum absolute atomic E-state index is 0.0664. The lowest BCUT2D eigenvalue weighted by Gasteiger charge is -2.14. The highest BCUT2D eigenvalue weighted by atomic mass is 19.4. The van der Waals surface area contributed by atoms with Crippen molar-refractivity contribution < 1.29 is 22.7 Å². The Morgan fingerprint density at radius 3 is 2.75 bits per heavy atom. The lowest BCUT2D eigenvalue weighted by Crippen LogP contribution is -2.30. The number of benzene rings is 2. The number of hydrogen-bond acceptors (Lipinski definition) is 4. The predicted molar refractivity (Wildman–Crippen MR) is 99.2 cm³/mol. The maximum Gasteiger partial charge on any atom is 0.416 e. The standard InChI is InChI=1S/C18H18F3N5O2/c1-28-15-5-3-11(18(19,20)21)9-14(15)26-17(27)23-7-6-10-2-4-12-13(8-10)25-16(22)24-12/h2-5,8-9H,6-7H2,1H3,(H3,22,24,25)(H2,23,26,27). The molecule has 0 aliphatic rings. The van der Waals surface area contributed by atoms with Crippen LogP contribution in [0, 0.1) is 0 Å². The first-order chi connectivity index (χ1) is 13.3. The van der Waals surface area contributed by atoms with Crippen LogP contribution in [-0.4, -0.2) is 29.7 Å². The zero-order valence-electron chi connectivity index (χ0n) is 14.9. The van der Waals surface area contributed by atoms with Crippen LogP contribution in [0.15, 0.2) is 36.4 Å². The number of rotatable bonds is 5. The lowest BCUT2D eigenvalue weighted by atomic mass is 10.1. The zero-order chi connectivity index (χ0) is 20.3. The van der Waals surface area contributed by atoms with Crippen LogP contribution in [-0.2, 0) is 12.6 Å². The number of anilines is 2. The van der Waals surface area contributed by atoms with E-state index in [1.807, 2.05) is 18.2 Å². The van der Waals surface area contributed by atoms with Gasteiger partial charge in [-0.15, -0.1) is 0 Å². The number of imidazole rings is 1. The van der Waals surface area contributed by atoms with Crippen LogP contribution < -0.4 is 21.1 Å². The molecular formula is C18H18F3N5O2. The van der Waals surface area contributed by atoms with Crippen LogP contribution >= 0.6 is 0 Å². The van der Waals surface area contributed by atoms with Crippen molar-refractivity contribution in [1.82, 2.24) is 15.3 Å². The highest BCUT2D eigenvalue weighted by Crippen LogP contribution is 2.34. The van der Waals surface area contributed by atoms with E-state index < -0.39 is 17.8 Å². The summed E-state index contributed by atoms with van der Waals surface area (Å²) in [7, 11) is 1.31. The number of aromatic amines is 1. The number of carbonyl (C=O) groups excluding carboxylic acids is 1. The molecule has 28 heavy (non-hydrogen) atoms. The number of H-pyrrole nitrogens is 1. The van der Waals surface area contributed by atoms with E-state index in [9.17, 15) is 18.0 Å². The van der Waals surface area contributed by atoms with Gasteiger partial charge >= 0.3 is 12.2 Å². The van der Waals surface area contributed by atoms with E-state index in [1.54, 1.807) is 0 Å². The number of nitrogens with zero attached hydrogens (tertiary/aromatic N) is 1. The number of methoxy groups -OCH3 is 1. The molecule has 1 aromatic heterocycles. The largest absolute Gasteiger partial charge is 0.495 e. The van der Waals surface area contributed by atoms with Gasteiger partial charge in [0, 0.05) is 6.54 Å². The van der Waals surface area contributed by atoms with Crippen LogP contribution in [0.3, 0.4) is 0 Å². The molecule has 0 bridgehead atoms. The van der Waals surface area contributed by atoms with Gasteiger partial charge in [0.05, 0.1) is 29.4 Å². The van der Waals surface area contributed by atoms with Gasteiger partial charge in [0.2, 0.25) is 0 Å². The monoisotopic (exact) mass is 393 g/mol. The molecular weight excluding hydrogens is 375 g/mol. The molecule has 0 spiro atoms. The van der Waals surface area contributed by atoms with Crippen molar-refractivity contribution in [1.29, 1.82) is 0 Å². The van der Waals surface area contributed by atoms with E-state index in [1.165, 1.54) is 7.11 Å². The Hall–Kier alpha value is -3.43. The van der Waals surface area contributed by atoms with Crippen molar-refractivity contribution >= 4 is 28.7 Å². The second-order valence-corrected chi connectivity index (χ2v) is 6.02. The second kappa shape index (κ2) is 7.67. The Balaban J connectivity index is 1.60. The number of nitrogens with two attached hydrogens (primary N) is 1. The van der Waals surface area contributed by atoms with Crippen LogP contribution in [0.25, 0.3) is 11.0 Å². The van der Waals surface area contributed by atoms with Crippen molar-refractivity contribution in [3.05, 3.63) is 47.5 Å². The van der Waals surface area contributed by atoms with Crippen molar-refractivity contribution in [3.8, 4) is 5.75 Å². The third-order valence-electron chi connectivity index (χ3n) is 4.04. The van der Waals surface area contributed by atoms with Gasteiger partial charge in [0.25, 0.3) is 0 Å². The fraction of sp³-hybridized carbons (Fsp3) is 0.222. The number of carbonyl (C=O) groups is 1. The summed E-state index contributed by atoms with van der Waals surface area (Å²) in [5, 5.41) is 4.99. The van der Waals surface area contributed by atoms with Gasteiger partial charge in [-0.3, -0.25) is 0 Å². The Kier molecular flexibility index (Phi) is 5.30. The van der Waals surface area contributed by atoms with E-state index in [2.05, 4.69) is 20.6 Å². The SMILES string of the molecule is COc1ccc(C(F)(F)F)cc1NC(=O)NCCc1ccc2[nH]c(N)nc2c1. The third-order valence-corrected chi connectivity index (χ3v) is 4.04. The number of halogens is 3. The molecule has 1 heterocycles.